The first-order valence-corrected chi connectivity index (χ1v) is 10.9. The Morgan fingerprint density at radius 2 is 1.71 bits per heavy atom. The summed E-state index contributed by atoms with van der Waals surface area (Å²) in [7, 11) is 0. The number of carbonyl (C=O) groups is 2. The molecule has 0 aromatic heterocycles. The summed E-state index contributed by atoms with van der Waals surface area (Å²) in [6, 6.07) is 5.75. The number of benzene rings is 1. The second kappa shape index (κ2) is 12.6. The molecule has 0 saturated carbocycles. The zero-order valence-corrected chi connectivity index (χ0v) is 19.9. The summed E-state index contributed by atoms with van der Waals surface area (Å²) in [4.78, 5) is 35.5. The molecule has 1 aromatic rings. The highest BCUT2D eigenvalue weighted by atomic mass is 16.7. The molecule has 0 saturated heterocycles. The van der Waals surface area contributed by atoms with Crippen LogP contribution in [0.25, 0.3) is 0 Å². The Hall–Kier alpha value is -3.60. The number of ether oxygens (including phenoxy) is 5. The average molecular weight is 478 g/mol. The Morgan fingerprint density at radius 3 is 2.29 bits per heavy atom. The Bertz CT molecular complexity index is 969. The third kappa shape index (κ3) is 7.48. The molecule has 1 N–H and O–H groups in total. The molecule has 11 heteroatoms. The normalized spacial score (nSPS) is 15.6. The third-order valence-corrected chi connectivity index (χ3v) is 4.57. The predicted molar refractivity (Wildman–Crippen MR) is 121 cm³/mol. The quantitative estimate of drug-likeness (QED) is 0.214. The van der Waals surface area contributed by atoms with Gasteiger partial charge in [0.2, 0.25) is 0 Å². The number of nitro benzene ring substituents is 1. The van der Waals surface area contributed by atoms with Gasteiger partial charge in [0.05, 0.1) is 29.0 Å². The molecule has 11 nitrogen and oxygen atoms in total. The Morgan fingerprint density at radius 1 is 1.06 bits per heavy atom. The van der Waals surface area contributed by atoms with Crippen LogP contribution in [0.2, 0.25) is 0 Å². The maximum absolute atomic E-state index is 12.4. The van der Waals surface area contributed by atoms with Gasteiger partial charge in [-0.3, -0.25) is 10.1 Å². The van der Waals surface area contributed by atoms with E-state index in [0.717, 1.165) is 6.42 Å². The molecule has 0 fully saturated rings. The lowest BCUT2D eigenvalue weighted by molar-refractivity contribution is -0.384. The number of nitrogens with one attached hydrogen (secondary N) is 1. The van der Waals surface area contributed by atoms with Crippen LogP contribution in [0.3, 0.4) is 0 Å². The van der Waals surface area contributed by atoms with Crippen LogP contribution >= 0.6 is 0 Å². The van der Waals surface area contributed by atoms with Gasteiger partial charge in [-0.1, -0.05) is 19.1 Å². The summed E-state index contributed by atoms with van der Waals surface area (Å²) in [5.41, 5.74) is 1.09. The number of non-ortho nitro benzene ring substituents is 1. The molecule has 34 heavy (non-hydrogen) atoms. The van der Waals surface area contributed by atoms with Crippen molar-refractivity contribution in [1.29, 1.82) is 0 Å². The summed E-state index contributed by atoms with van der Waals surface area (Å²) in [6.07, 6.45) is -1.55. The van der Waals surface area contributed by atoms with E-state index >= 15 is 0 Å². The average Bonchev–Trinajstić information content (AvgIpc) is 2.76. The highest BCUT2D eigenvalue weighted by Crippen LogP contribution is 2.40. The van der Waals surface area contributed by atoms with E-state index in [-0.39, 0.29) is 30.4 Å². The number of nitro groups is 1. The first-order chi connectivity index (χ1) is 16.1. The van der Waals surface area contributed by atoms with Crippen molar-refractivity contribution in [3.8, 4) is 0 Å². The zero-order chi connectivity index (χ0) is 25.3. The van der Waals surface area contributed by atoms with E-state index < -0.39 is 29.3 Å². The third-order valence-electron chi connectivity index (χ3n) is 4.57. The van der Waals surface area contributed by atoms with Gasteiger partial charge < -0.3 is 29.0 Å². The number of hydrogen-bond donors (Lipinski definition) is 1. The van der Waals surface area contributed by atoms with E-state index in [1.54, 1.807) is 33.8 Å². The maximum atomic E-state index is 12.4. The van der Waals surface area contributed by atoms with Crippen LogP contribution in [-0.2, 0) is 23.7 Å². The van der Waals surface area contributed by atoms with Crippen molar-refractivity contribution in [1.82, 2.24) is 5.32 Å². The minimum Gasteiger partial charge on any atom is -0.432 e. The van der Waals surface area contributed by atoms with Crippen molar-refractivity contribution >= 4 is 18.0 Å². The van der Waals surface area contributed by atoms with Crippen LogP contribution in [0.4, 0.5) is 15.3 Å². The number of carbonyl (C=O) groups excluding carboxylic acids is 2. The summed E-state index contributed by atoms with van der Waals surface area (Å²) in [5, 5.41) is 14.3. The maximum Gasteiger partial charge on any atom is 0.513 e. The van der Waals surface area contributed by atoms with Crippen molar-refractivity contribution in [3.63, 3.8) is 0 Å². The first-order valence-electron chi connectivity index (χ1n) is 10.9. The van der Waals surface area contributed by atoms with Gasteiger partial charge in [-0.25, -0.2) is 9.59 Å². The molecule has 0 spiro atoms. The second-order valence-corrected chi connectivity index (χ2v) is 7.72. The van der Waals surface area contributed by atoms with Crippen molar-refractivity contribution in [2.45, 2.75) is 53.1 Å². The molecule has 1 aliphatic heterocycles. The molecule has 0 bridgehead atoms. The second-order valence-electron chi connectivity index (χ2n) is 7.72. The lowest BCUT2D eigenvalue weighted by Gasteiger charge is -2.30. The fourth-order valence-electron chi connectivity index (χ4n) is 3.20. The van der Waals surface area contributed by atoms with Gasteiger partial charge in [-0.15, -0.1) is 0 Å². The Labute approximate surface area is 197 Å². The van der Waals surface area contributed by atoms with E-state index in [1.807, 2.05) is 6.92 Å². The molecule has 1 heterocycles. The van der Waals surface area contributed by atoms with Crippen molar-refractivity contribution < 1.29 is 38.2 Å². The molecule has 1 aliphatic rings. The van der Waals surface area contributed by atoms with Gasteiger partial charge in [-0.05, 0) is 39.7 Å². The molecular weight excluding hydrogens is 448 g/mol. The van der Waals surface area contributed by atoms with Crippen molar-refractivity contribution in [2.75, 3.05) is 19.8 Å². The Balaban J connectivity index is 2.37. The van der Waals surface area contributed by atoms with Gasteiger partial charge >= 0.3 is 12.3 Å². The van der Waals surface area contributed by atoms with Gasteiger partial charge in [0.15, 0.2) is 0 Å². The highest BCUT2D eigenvalue weighted by Gasteiger charge is 2.36. The standard InChI is InChI=1S/C23H30N2O9/c1-6-10-30-11-12-31-22(26)33-20-15(4)24-16(5)21(34-23(27)32-14(2)3)19(20)17-8-7-9-18(13-17)25(28)29/h7-9,13-14,19,24H,6,10-12H2,1-5H3. The minimum absolute atomic E-state index is 0.0149. The number of rotatable bonds is 10. The van der Waals surface area contributed by atoms with Crippen LogP contribution in [-0.4, -0.2) is 43.2 Å². The van der Waals surface area contributed by atoms with Crippen LogP contribution in [0.15, 0.2) is 47.2 Å². The molecular formula is C23H30N2O9. The lowest BCUT2D eigenvalue weighted by Crippen LogP contribution is -2.29. The van der Waals surface area contributed by atoms with Crippen molar-refractivity contribution in [2.24, 2.45) is 0 Å². The van der Waals surface area contributed by atoms with E-state index in [2.05, 4.69) is 5.32 Å². The smallest absolute Gasteiger partial charge is 0.432 e. The van der Waals surface area contributed by atoms with Crippen molar-refractivity contribution in [3.05, 3.63) is 62.9 Å². The first kappa shape index (κ1) is 26.7. The molecule has 1 atom stereocenters. The van der Waals surface area contributed by atoms with Crippen LogP contribution in [0.5, 0.6) is 0 Å². The van der Waals surface area contributed by atoms with Gasteiger partial charge in [0, 0.05) is 18.7 Å². The zero-order valence-electron chi connectivity index (χ0n) is 19.9. The number of dihydropyridines is 1. The van der Waals surface area contributed by atoms with Crippen LogP contribution < -0.4 is 5.32 Å². The minimum atomic E-state index is -0.990. The molecule has 1 unspecified atom stereocenters. The number of allylic oxidation sites excluding steroid dienone is 2. The number of nitrogens with zero attached hydrogens (tertiary/aromatic N) is 1. The largest absolute Gasteiger partial charge is 0.513 e. The van der Waals surface area contributed by atoms with Gasteiger partial charge in [0.25, 0.3) is 5.69 Å². The number of hydrogen-bond acceptors (Lipinski definition) is 10. The van der Waals surface area contributed by atoms with Gasteiger partial charge in [0.1, 0.15) is 24.0 Å². The fourth-order valence-corrected chi connectivity index (χ4v) is 3.20. The predicted octanol–water partition coefficient (Wildman–Crippen LogP) is 4.89. The van der Waals surface area contributed by atoms with E-state index in [9.17, 15) is 19.7 Å². The lowest BCUT2D eigenvalue weighted by atomic mass is 9.90. The molecule has 2 rings (SSSR count). The summed E-state index contributed by atoms with van der Waals surface area (Å²) in [5.74, 6) is -0.812. The van der Waals surface area contributed by atoms with Crippen LogP contribution in [0.1, 0.15) is 52.5 Å². The highest BCUT2D eigenvalue weighted by molar-refractivity contribution is 5.65. The van der Waals surface area contributed by atoms with Crippen LogP contribution in [0, 0.1) is 10.1 Å². The summed E-state index contributed by atoms with van der Waals surface area (Å²) >= 11 is 0. The van der Waals surface area contributed by atoms with E-state index in [1.165, 1.54) is 18.2 Å². The van der Waals surface area contributed by atoms with E-state index in [0.29, 0.717) is 23.6 Å². The SMILES string of the molecule is CCCOCCOC(=O)OC1=C(C)NC(C)=C(OC(=O)OC(C)C)C1c1cccc([N+](=O)[O-])c1. The Kier molecular flexibility index (Phi) is 9.87. The van der Waals surface area contributed by atoms with Gasteiger partial charge in [-0.2, -0.15) is 0 Å². The molecule has 0 radical (unpaired) electrons. The monoisotopic (exact) mass is 478 g/mol. The summed E-state index contributed by atoms with van der Waals surface area (Å²) < 4.78 is 26.4. The molecule has 186 valence electrons. The summed E-state index contributed by atoms with van der Waals surface area (Å²) in [6.45, 7) is 9.34. The molecule has 0 aliphatic carbocycles. The fraction of sp³-hybridized carbons (Fsp3) is 0.478. The topological polar surface area (TPSA) is 135 Å². The molecule has 0 amide bonds. The van der Waals surface area contributed by atoms with E-state index in [4.69, 9.17) is 23.7 Å². The molecule has 1 aromatic carbocycles.